The molecule has 0 saturated carbocycles. The van der Waals surface area contributed by atoms with E-state index in [2.05, 4.69) is 10.3 Å². The van der Waals surface area contributed by atoms with Crippen molar-refractivity contribution in [2.24, 2.45) is 0 Å². The Hall–Kier alpha value is -3.42. The first-order chi connectivity index (χ1) is 11.5. The van der Waals surface area contributed by atoms with Crippen molar-refractivity contribution in [1.82, 2.24) is 14.9 Å². The highest BCUT2D eigenvalue weighted by Gasteiger charge is 2.18. The monoisotopic (exact) mass is 326 g/mol. The van der Waals surface area contributed by atoms with Crippen molar-refractivity contribution >= 4 is 28.6 Å². The Balaban J connectivity index is 2.01. The van der Waals surface area contributed by atoms with E-state index in [4.69, 9.17) is 10.2 Å². The molecule has 0 unspecified atom stereocenters. The molecule has 3 aromatic rings. The first kappa shape index (κ1) is 15.5. The second kappa shape index (κ2) is 5.99. The van der Waals surface area contributed by atoms with Crippen LogP contribution in [0.3, 0.4) is 0 Å². The van der Waals surface area contributed by atoms with E-state index >= 15 is 0 Å². The molecular weight excluding hydrogens is 312 g/mol. The standard InChI is InChI=1S/C16H14N4O4/c1-9(21)19-8-12-6-10(4-5-18-12)15(22)20-13-3-2-11(17)7-14(13)24-16(20)23/h2-7H,8,17H2,1H3,(H,19,21). The summed E-state index contributed by atoms with van der Waals surface area (Å²) >= 11 is 0. The van der Waals surface area contributed by atoms with Crippen LogP contribution in [0.2, 0.25) is 0 Å². The molecule has 0 radical (unpaired) electrons. The molecule has 2 heterocycles. The number of rotatable bonds is 3. The van der Waals surface area contributed by atoms with Gasteiger partial charge in [0.1, 0.15) is 0 Å². The largest absolute Gasteiger partial charge is 0.427 e. The molecule has 8 nitrogen and oxygen atoms in total. The van der Waals surface area contributed by atoms with Gasteiger partial charge in [0.15, 0.2) is 5.58 Å². The van der Waals surface area contributed by atoms with Gasteiger partial charge in [0.2, 0.25) is 5.91 Å². The molecule has 1 amide bonds. The Morgan fingerprint density at radius 3 is 2.83 bits per heavy atom. The minimum atomic E-state index is -0.791. The molecule has 24 heavy (non-hydrogen) atoms. The molecule has 0 bridgehead atoms. The SMILES string of the molecule is CC(=O)NCc1cc(C(=O)n2c(=O)oc3cc(N)ccc32)ccn1. The summed E-state index contributed by atoms with van der Waals surface area (Å²) in [6.07, 6.45) is 1.44. The lowest BCUT2D eigenvalue weighted by molar-refractivity contribution is -0.119. The van der Waals surface area contributed by atoms with Gasteiger partial charge in [0, 0.05) is 30.4 Å². The number of oxazole rings is 1. The molecule has 0 atom stereocenters. The summed E-state index contributed by atoms with van der Waals surface area (Å²) in [7, 11) is 0. The zero-order chi connectivity index (χ0) is 17.3. The number of carbonyl (C=O) groups is 2. The van der Waals surface area contributed by atoms with Crippen LogP contribution in [0.5, 0.6) is 0 Å². The predicted octanol–water partition coefficient (Wildman–Crippen LogP) is 0.896. The van der Waals surface area contributed by atoms with Gasteiger partial charge >= 0.3 is 5.76 Å². The van der Waals surface area contributed by atoms with E-state index in [1.807, 2.05) is 0 Å². The summed E-state index contributed by atoms with van der Waals surface area (Å²) in [6, 6.07) is 7.61. The summed E-state index contributed by atoms with van der Waals surface area (Å²) in [5.74, 6) is -1.54. The zero-order valence-electron chi connectivity index (χ0n) is 12.8. The highest BCUT2D eigenvalue weighted by atomic mass is 16.4. The predicted molar refractivity (Wildman–Crippen MR) is 86.4 cm³/mol. The molecule has 0 fully saturated rings. The van der Waals surface area contributed by atoms with Crippen LogP contribution in [-0.2, 0) is 11.3 Å². The van der Waals surface area contributed by atoms with Crippen molar-refractivity contribution in [3.63, 3.8) is 0 Å². The number of nitrogens with two attached hydrogens (primary N) is 1. The van der Waals surface area contributed by atoms with Gasteiger partial charge in [0.25, 0.3) is 5.91 Å². The minimum Gasteiger partial charge on any atom is -0.407 e. The van der Waals surface area contributed by atoms with Crippen LogP contribution in [-0.4, -0.2) is 21.4 Å². The van der Waals surface area contributed by atoms with E-state index < -0.39 is 11.7 Å². The van der Waals surface area contributed by atoms with Crippen molar-refractivity contribution in [2.45, 2.75) is 13.5 Å². The Morgan fingerprint density at radius 2 is 2.08 bits per heavy atom. The number of hydrogen-bond acceptors (Lipinski definition) is 6. The molecule has 3 rings (SSSR count). The first-order valence-corrected chi connectivity index (χ1v) is 7.11. The molecule has 2 aromatic heterocycles. The molecule has 8 heteroatoms. The maximum absolute atomic E-state index is 12.7. The van der Waals surface area contributed by atoms with Crippen LogP contribution in [0.15, 0.2) is 45.7 Å². The van der Waals surface area contributed by atoms with Crippen molar-refractivity contribution < 1.29 is 14.0 Å². The Morgan fingerprint density at radius 1 is 1.29 bits per heavy atom. The second-order valence-corrected chi connectivity index (χ2v) is 5.18. The lowest BCUT2D eigenvalue weighted by Crippen LogP contribution is -2.24. The number of nitrogens with zero attached hydrogens (tertiary/aromatic N) is 2. The number of nitrogens with one attached hydrogen (secondary N) is 1. The zero-order valence-corrected chi connectivity index (χ0v) is 12.8. The fraction of sp³-hybridized carbons (Fsp3) is 0.125. The summed E-state index contributed by atoms with van der Waals surface area (Å²) in [5, 5.41) is 2.60. The highest BCUT2D eigenvalue weighted by Crippen LogP contribution is 2.17. The highest BCUT2D eigenvalue weighted by molar-refractivity contribution is 6.00. The van der Waals surface area contributed by atoms with E-state index in [1.54, 1.807) is 12.1 Å². The number of fused-ring (bicyclic) bond motifs is 1. The number of amides is 1. The van der Waals surface area contributed by atoms with Gasteiger partial charge in [-0.05, 0) is 24.3 Å². The Bertz CT molecular complexity index is 1000. The summed E-state index contributed by atoms with van der Waals surface area (Å²) in [6.45, 7) is 1.58. The first-order valence-electron chi connectivity index (χ1n) is 7.11. The molecule has 0 aliphatic carbocycles. The van der Waals surface area contributed by atoms with Crippen LogP contribution in [0.4, 0.5) is 5.69 Å². The van der Waals surface area contributed by atoms with Crippen molar-refractivity contribution in [1.29, 1.82) is 0 Å². The topological polar surface area (TPSA) is 120 Å². The normalized spacial score (nSPS) is 10.7. The van der Waals surface area contributed by atoms with Gasteiger partial charge in [-0.3, -0.25) is 14.6 Å². The van der Waals surface area contributed by atoms with Crippen LogP contribution in [0.25, 0.3) is 11.1 Å². The molecule has 0 aliphatic rings. The fourth-order valence-electron chi connectivity index (χ4n) is 2.28. The minimum absolute atomic E-state index is 0.189. The van der Waals surface area contributed by atoms with Gasteiger partial charge in [-0.25, -0.2) is 9.36 Å². The number of carbonyl (C=O) groups excluding carboxylic acids is 2. The van der Waals surface area contributed by atoms with E-state index in [0.717, 1.165) is 4.57 Å². The Labute approximate surface area is 135 Å². The molecule has 122 valence electrons. The summed E-state index contributed by atoms with van der Waals surface area (Å²) in [4.78, 5) is 39.7. The van der Waals surface area contributed by atoms with Crippen LogP contribution in [0, 0.1) is 0 Å². The number of nitrogen functional groups attached to an aromatic ring is 1. The lowest BCUT2D eigenvalue weighted by atomic mass is 10.2. The van der Waals surface area contributed by atoms with Gasteiger partial charge in [-0.2, -0.15) is 0 Å². The number of benzene rings is 1. The third-order valence-electron chi connectivity index (χ3n) is 3.39. The second-order valence-electron chi connectivity index (χ2n) is 5.18. The van der Waals surface area contributed by atoms with Crippen molar-refractivity contribution in [3.8, 4) is 0 Å². The van der Waals surface area contributed by atoms with Crippen molar-refractivity contribution in [2.75, 3.05) is 5.73 Å². The van der Waals surface area contributed by atoms with Gasteiger partial charge in [0.05, 0.1) is 17.8 Å². The average Bonchev–Trinajstić information content (AvgIpc) is 2.87. The van der Waals surface area contributed by atoms with Crippen LogP contribution < -0.4 is 16.8 Å². The van der Waals surface area contributed by atoms with Crippen LogP contribution >= 0.6 is 0 Å². The molecule has 3 N–H and O–H groups in total. The fourth-order valence-corrected chi connectivity index (χ4v) is 2.28. The van der Waals surface area contributed by atoms with Gasteiger partial charge in [-0.15, -0.1) is 0 Å². The third-order valence-corrected chi connectivity index (χ3v) is 3.39. The number of anilines is 1. The van der Waals surface area contributed by atoms with Gasteiger partial charge < -0.3 is 15.5 Å². The Kier molecular flexibility index (Phi) is 3.87. The molecule has 0 aliphatic heterocycles. The third kappa shape index (κ3) is 2.89. The maximum atomic E-state index is 12.7. The number of pyridine rings is 1. The summed E-state index contributed by atoms with van der Waals surface area (Å²) < 4.78 is 6.00. The summed E-state index contributed by atoms with van der Waals surface area (Å²) in [5.41, 5.74) is 7.40. The quantitative estimate of drug-likeness (QED) is 0.690. The number of hydrogen-bond donors (Lipinski definition) is 2. The van der Waals surface area contributed by atoms with Crippen LogP contribution in [0.1, 0.15) is 23.0 Å². The molecule has 1 aromatic carbocycles. The van der Waals surface area contributed by atoms with E-state index in [9.17, 15) is 14.4 Å². The maximum Gasteiger partial charge on any atom is 0.427 e. The van der Waals surface area contributed by atoms with E-state index in [1.165, 1.54) is 31.3 Å². The van der Waals surface area contributed by atoms with Gasteiger partial charge in [-0.1, -0.05) is 0 Å². The smallest absolute Gasteiger partial charge is 0.407 e. The lowest BCUT2D eigenvalue weighted by Gasteiger charge is -2.05. The van der Waals surface area contributed by atoms with E-state index in [0.29, 0.717) is 16.9 Å². The van der Waals surface area contributed by atoms with Crippen molar-refractivity contribution in [3.05, 3.63) is 58.3 Å². The molecule has 0 saturated heterocycles. The molecule has 0 spiro atoms. The average molecular weight is 326 g/mol. The molecular formula is C16H14N4O4. The number of aromatic nitrogens is 2. The van der Waals surface area contributed by atoms with E-state index in [-0.39, 0.29) is 23.6 Å².